The second-order valence-corrected chi connectivity index (χ2v) is 4.57. The first-order valence-corrected chi connectivity index (χ1v) is 5.14. The van der Waals surface area contributed by atoms with Crippen LogP contribution >= 0.6 is 0 Å². The topological polar surface area (TPSA) is 41.5 Å². The van der Waals surface area contributed by atoms with Crippen molar-refractivity contribution in [2.75, 3.05) is 0 Å². The van der Waals surface area contributed by atoms with E-state index in [4.69, 9.17) is 0 Å². The number of hydrogen-bond donors (Lipinski definition) is 1. The molecule has 1 unspecified atom stereocenters. The summed E-state index contributed by atoms with van der Waals surface area (Å²) in [6, 6.07) is 8.25. The minimum absolute atomic E-state index is 0.0223. The van der Waals surface area contributed by atoms with Crippen molar-refractivity contribution in [2.24, 2.45) is 10.5 Å². The lowest BCUT2D eigenvalue weighted by Gasteiger charge is -2.27. The maximum atomic E-state index is 11.3. The molecule has 1 aliphatic carbocycles. The Balaban J connectivity index is 2.17. The van der Waals surface area contributed by atoms with E-state index < -0.39 is 0 Å². The smallest absolute Gasteiger partial charge is 0.241 e. The average Bonchev–Trinajstić information content (AvgIpc) is 2.48. The lowest BCUT2D eigenvalue weighted by atomic mass is 9.81. The molecule has 0 aromatic heterocycles. The van der Waals surface area contributed by atoms with Crippen LogP contribution in [0.1, 0.15) is 24.5 Å². The zero-order valence-corrected chi connectivity index (χ0v) is 8.58. The Labute approximate surface area is 88.2 Å². The predicted octanol–water partition coefficient (Wildman–Crippen LogP) is 1.47. The molecule has 76 valence electrons. The highest BCUT2D eigenvalue weighted by Crippen LogP contribution is 2.40. The zero-order chi connectivity index (χ0) is 10.5. The van der Waals surface area contributed by atoms with Crippen molar-refractivity contribution in [3.05, 3.63) is 35.4 Å². The number of nitrogens with zero attached hydrogens (tertiary/aromatic N) is 1. The van der Waals surface area contributed by atoms with Crippen LogP contribution in [0.5, 0.6) is 0 Å². The minimum Gasteiger partial charge on any atom is -0.273 e. The van der Waals surface area contributed by atoms with Crippen molar-refractivity contribution in [2.45, 2.75) is 19.8 Å². The Morgan fingerprint density at radius 1 is 1.33 bits per heavy atom. The van der Waals surface area contributed by atoms with E-state index in [2.05, 4.69) is 29.6 Å². The third-order valence-corrected chi connectivity index (χ3v) is 3.27. The summed E-state index contributed by atoms with van der Waals surface area (Å²) in [5, 5.41) is 4.20. The summed E-state index contributed by atoms with van der Waals surface area (Å²) in [5.74, 6) is 0.0223. The normalized spacial score (nSPS) is 27.8. The number of benzene rings is 1. The molecule has 1 aliphatic heterocycles. The third-order valence-electron chi connectivity index (χ3n) is 3.27. The van der Waals surface area contributed by atoms with Gasteiger partial charge in [-0.2, -0.15) is 5.10 Å². The highest BCUT2D eigenvalue weighted by Gasteiger charge is 2.43. The van der Waals surface area contributed by atoms with Gasteiger partial charge in [0.15, 0.2) is 0 Å². The molecule has 0 bridgehead atoms. The molecular formula is C12H12N2O. The van der Waals surface area contributed by atoms with Gasteiger partial charge < -0.3 is 0 Å². The van der Waals surface area contributed by atoms with E-state index in [1.54, 1.807) is 0 Å². The summed E-state index contributed by atoms with van der Waals surface area (Å²) >= 11 is 0. The number of hydrazone groups is 1. The molecule has 1 atom stereocenters. The Kier molecular flexibility index (Phi) is 1.55. The van der Waals surface area contributed by atoms with E-state index in [0.29, 0.717) is 6.42 Å². The van der Waals surface area contributed by atoms with E-state index in [-0.39, 0.29) is 11.3 Å². The van der Waals surface area contributed by atoms with Gasteiger partial charge in [-0.25, -0.2) is 5.43 Å². The molecule has 2 aliphatic rings. The average molecular weight is 200 g/mol. The first-order chi connectivity index (χ1) is 7.19. The Morgan fingerprint density at radius 2 is 2.13 bits per heavy atom. The Bertz CT molecular complexity index is 478. The van der Waals surface area contributed by atoms with Crippen LogP contribution in [0.3, 0.4) is 0 Å². The number of hydrogen-bond acceptors (Lipinski definition) is 2. The maximum absolute atomic E-state index is 11.3. The van der Waals surface area contributed by atoms with Gasteiger partial charge in [0, 0.05) is 17.4 Å². The number of carbonyl (C=O) groups excluding carboxylic acids is 1. The highest BCUT2D eigenvalue weighted by atomic mass is 16.2. The molecule has 1 heterocycles. The van der Waals surface area contributed by atoms with Crippen molar-refractivity contribution in [3.8, 4) is 0 Å². The summed E-state index contributed by atoms with van der Waals surface area (Å²) in [7, 11) is 0. The Morgan fingerprint density at radius 3 is 3.00 bits per heavy atom. The molecule has 0 saturated heterocycles. The van der Waals surface area contributed by atoms with Crippen molar-refractivity contribution < 1.29 is 4.79 Å². The van der Waals surface area contributed by atoms with Gasteiger partial charge >= 0.3 is 0 Å². The molecule has 1 N–H and O–H groups in total. The molecule has 0 spiro atoms. The standard InChI is InChI=1S/C12H12N2O/c1-12-6-8-4-2-3-5-9(8)11(12)14-13-10(15)7-12/h2-5H,6-7H2,1H3,(H,13,15). The molecule has 1 aromatic rings. The minimum atomic E-state index is -0.0913. The van der Waals surface area contributed by atoms with Crippen LogP contribution in [0.25, 0.3) is 0 Å². The van der Waals surface area contributed by atoms with Gasteiger partial charge in [-0.15, -0.1) is 0 Å². The third kappa shape index (κ3) is 1.12. The first kappa shape index (κ1) is 8.65. The molecular weight excluding hydrogens is 188 g/mol. The molecule has 3 heteroatoms. The second kappa shape index (κ2) is 2.69. The van der Waals surface area contributed by atoms with Crippen LogP contribution in [0.4, 0.5) is 0 Å². The number of fused-ring (bicyclic) bond motifs is 3. The van der Waals surface area contributed by atoms with Crippen LogP contribution in [0.2, 0.25) is 0 Å². The van der Waals surface area contributed by atoms with Crippen LogP contribution in [-0.4, -0.2) is 11.6 Å². The van der Waals surface area contributed by atoms with E-state index >= 15 is 0 Å². The lowest BCUT2D eigenvalue weighted by molar-refractivity contribution is -0.122. The molecule has 1 aromatic carbocycles. The molecule has 3 rings (SSSR count). The van der Waals surface area contributed by atoms with Crippen LogP contribution < -0.4 is 5.43 Å². The molecule has 0 radical (unpaired) electrons. The van der Waals surface area contributed by atoms with Gasteiger partial charge in [0.2, 0.25) is 5.91 Å². The summed E-state index contributed by atoms with van der Waals surface area (Å²) in [6.45, 7) is 2.12. The molecule has 0 fully saturated rings. The van der Waals surface area contributed by atoms with Gasteiger partial charge in [-0.3, -0.25) is 4.79 Å². The quantitative estimate of drug-likeness (QED) is 0.677. The molecule has 15 heavy (non-hydrogen) atoms. The summed E-state index contributed by atoms with van der Waals surface area (Å²) in [5.41, 5.74) is 6.01. The van der Waals surface area contributed by atoms with Crippen LogP contribution in [0, 0.1) is 5.41 Å². The monoisotopic (exact) mass is 200 g/mol. The van der Waals surface area contributed by atoms with E-state index in [1.807, 2.05) is 12.1 Å². The van der Waals surface area contributed by atoms with Gasteiger partial charge in [0.05, 0.1) is 5.71 Å². The van der Waals surface area contributed by atoms with Crippen molar-refractivity contribution in [1.29, 1.82) is 0 Å². The lowest BCUT2D eigenvalue weighted by Crippen LogP contribution is -2.38. The van der Waals surface area contributed by atoms with E-state index in [1.165, 1.54) is 11.1 Å². The van der Waals surface area contributed by atoms with Crippen LogP contribution in [-0.2, 0) is 11.2 Å². The second-order valence-electron chi connectivity index (χ2n) is 4.57. The molecule has 0 saturated carbocycles. The number of amides is 1. The fourth-order valence-electron chi connectivity index (χ4n) is 2.59. The van der Waals surface area contributed by atoms with Gasteiger partial charge in [0.25, 0.3) is 0 Å². The molecule has 3 nitrogen and oxygen atoms in total. The highest BCUT2D eigenvalue weighted by molar-refractivity contribution is 6.11. The van der Waals surface area contributed by atoms with Gasteiger partial charge in [-0.1, -0.05) is 31.2 Å². The predicted molar refractivity (Wildman–Crippen MR) is 57.5 cm³/mol. The number of nitrogens with one attached hydrogen (secondary N) is 1. The fourth-order valence-corrected chi connectivity index (χ4v) is 2.59. The summed E-state index contributed by atoms with van der Waals surface area (Å²) in [4.78, 5) is 11.3. The zero-order valence-electron chi connectivity index (χ0n) is 8.58. The fraction of sp³-hybridized carbons (Fsp3) is 0.333. The van der Waals surface area contributed by atoms with E-state index in [0.717, 1.165) is 12.1 Å². The summed E-state index contributed by atoms with van der Waals surface area (Å²) < 4.78 is 0. The van der Waals surface area contributed by atoms with Crippen molar-refractivity contribution in [3.63, 3.8) is 0 Å². The Hall–Kier alpha value is -1.64. The summed E-state index contributed by atoms with van der Waals surface area (Å²) in [6.07, 6.45) is 1.47. The van der Waals surface area contributed by atoms with Gasteiger partial charge in [0.1, 0.15) is 0 Å². The van der Waals surface area contributed by atoms with Crippen molar-refractivity contribution in [1.82, 2.24) is 5.43 Å². The van der Waals surface area contributed by atoms with Crippen LogP contribution in [0.15, 0.2) is 29.4 Å². The largest absolute Gasteiger partial charge is 0.273 e. The van der Waals surface area contributed by atoms with Crippen molar-refractivity contribution >= 4 is 11.6 Å². The SMILES string of the molecule is CC12CC(=O)NN=C1c1ccccc1C2. The van der Waals surface area contributed by atoms with E-state index in [9.17, 15) is 4.79 Å². The maximum Gasteiger partial charge on any atom is 0.241 e. The number of carbonyl (C=O) groups is 1. The van der Waals surface area contributed by atoms with Gasteiger partial charge in [-0.05, 0) is 12.0 Å². The molecule has 1 amide bonds. The first-order valence-electron chi connectivity index (χ1n) is 5.14. The number of rotatable bonds is 0.